The highest BCUT2D eigenvalue weighted by molar-refractivity contribution is 5.93. The Labute approximate surface area is 168 Å². The van der Waals surface area contributed by atoms with Crippen molar-refractivity contribution in [3.63, 3.8) is 0 Å². The fraction of sp³-hybridized carbons (Fsp3) is 0.143. The minimum absolute atomic E-state index is 0.200. The van der Waals surface area contributed by atoms with E-state index in [-0.39, 0.29) is 5.69 Å². The fourth-order valence-corrected chi connectivity index (χ4v) is 2.49. The molecule has 0 unspecified atom stereocenters. The molecule has 0 radical (unpaired) electrons. The summed E-state index contributed by atoms with van der Waals surface area (Å²) in [6, 6.07) is 14.1. The number of amides is 1. The first-order valence-corrected chi connectivity index (χ1v) is 8.67. The number of benzene rings is 2. The van der Waals surface area contributed by atoms with Gasteiger partial charge in [0, 0.05) is 23.4 Å². The van der Waals surface area contributed by atoms with Crippen LogP contribution in [-0.4, -0.2) is 43.4 Å². The highest BCUT2D eigenvalue weighted by Crippen LogP contribution is 2.21. The quantitative estimate of drug-likeness (QED) is 0.491. The first-order chi connectivity index (χ1) is 14.1. The number of nitrogens with one attached hydrogen (secondary N) is 1. The summed E-state index contributed by atoms with van der Waals surface area (Å²) in [4.78, 5) is 20.9. The van der Waals surface area contributed by atoms with E-state index in [1.165, 1.54) is 18.5 Å². The molecule has 8 nitrogen and oxygen atoms in total. The first-order valence-electron chi connectivity index (χ1n) is 8.67. The van der Waals surface area contributed by atoms with Crippen molar-refractivity contribution in [1.82, 2.24) is 15.4 Å². The normalized spacial score (nSPS) is 10.6. The second-order valence-corrected chi connectivity index (χ2v) is 5.84. The van der Waals surface area contributed by atoms with Gasteiger partial charge in [0.1, 0.15) is 22.9 Å². The molecule has 0 atom stereocenters. The number of methoxy groups -OCH3 is 3. The number of hydrogen-bond acceptors (Lipinski definition) is 7. The Morgan fingerprint density at radius 2 is 1.59 bits per heavy atom. The molecule has 8 heteroatoms. The number of nitrogens with zero attached hydrogens (tertiary/aromatic N) is 3. The van der Waals surface area contributed by atoms with E-state index < -0.39 is 5.91 Å². The lowest BCUT2D eigenvalue weighted by Gasteiger charge is -2.06. The molecule has 148 valence electrons. The van der Waals surface area contributed by atoms with Crippen molar-refractivity contribution in [3.05, 3.63) is 66.0 Å². The van der Waals surface area contributed by atoms with Crippen LogP contribution in [0.25, 0.3) is 11.4 Å². The maximum absolute atomic E-state index is 12.4. The van der Waals surface area contributed by atoms with Crippen LogP contribution in [0.15, 0.2) is 59.8 Å². The number of carbonyl (C=O) groups excluding carboxylic acids is 1. The topological polar surface area (TPSA) is 94.9 Å². The summed E-state index contributed by atoms with van der Waals surface area (Å²) in [5, 5.41) is 3.98. The van der Waals surface area contributed by atoms with Crippen LogP contribution in [0.5, 0.6) is 17.2 Å². The van der Waals surface area contributed by atoms with E-state index in [1.54, 1.807) is 51.7 Å². The van der Waals surface area contributed by atoms with Crippen molar-refractivity contribution in [2.45, 2.75) is 0 Å². The molecule has 0 aliphatic rings. The lowest BCUT2D eigenvalue weighted by Crippen LogP contribution is -2.19. The second-order valence-electron chi connectivity index (χ2n) is 5.84. The van der Waals surface area contributed by atoms with E-state index in [0.717, 1.165) is 11.3 Å². The summed E-state index contributed by atoms with van der Waals surface area (Å²) >= 11 is 0. The summed E-state index contributed by atoms with van der Waals surface area (Å²) in [6.45, 7) is 0. The number of hydrazone groups is 1. The maximum atomic E-state index is 12.4. The summed E-state index contributed by atoms with van der Waals surface area (Å²) in [5.41, 5.74) is 4.14. The Morgan fingerprint density at radius 3 is 2.21 bits per heavy atom. The van der Waals surface area contributed by atoms with Gasteiger partial charge in [-0.2, -0.15) is 5.10 Å². The molecule has 1 N–H and O–H groups in total. The molecule has 0 fully saturated rings. The minimum atomic E-state index is -0.451. The van der Waals surface area contributed by atoms with Gasteiger partial charge in [0.05, 0.1) is 27.5 Å². The molecule has 2 aromatic carbocycles. The van der Waals surface area contributed by atoms with Gasteiger partial charge in [0.2, 0.25) is 0 Å². The van der Waals surface area contributed by atoms with Crippen molar-refractivity contribution >= 4 is 12.1 Å². The first kappa shape index (κ1) is 19.8. The van der Waals surface area contributed by atoms with Gasteiger partial charge in [0.15, 0.2) is 5.82 Å². The van der Waals surface area contributed by atoms with Gasteiger partial charge in [-0.25, -0.2) is 15.4 Å². The van der Waals surface area contributed by atoms with E-state index >= 15 is 0 Å². The van der Waals surface area contributed by atoms with Crippen molar-refractivity contribution in [2.24, 2.45) is 5.10 Å². The summed E-state index contributed by atoms with van der Waals surface area (Å²) in [6.07, 6.45) is 3.02. The Morgan fingerprint density at radius 1 is 0.931 bits per heavy atom. The van der Waals surface area contributed by atoms with Gasteiger partial charge >= 0.3 is 0 Å². The predicted molar refractivity (Wildman–Crippen MR) is 109 cm³/mol. The van der Waals surface area contributed by atoms with E-state index in [1.807, 2.05) is 12.1 Å². The lowest BCUT2D eigenvalue weighted by molar-refractivity contribution is 0.0950. The van der Waals surface area contributed by atoms with Crippen molar-refractivity contribution in [2.75, 3.05) is 21.3 Å². The third-order valence-corrected chi connectivity index (χ3v) is 3.99. The molecule has 0 saturated heterocycles. The Balaban J connectivity index is 1.72. The van der Waals surface area contributed by atoms with Crippen LogP contribution >= 0.6 is 0 Å². The van der Waals surface area contributed by atoms with E-state index in [9.17, 15) is 4.79 Å². The Bertz CT molecular complexity index is 997. The predicted octanol–water partition coefficient (Wildman–Crippen LogP) is 2.93. The fourth-order valence-electron chi connectivity index (χ4n) is 2.49. The van der Waals surface area contributed by atoms with E-state index in [0.29, 0.717) is 22.9 Å². The molecule has 0 saturated carbocycles. The van der Waals surface area contributed by atoms with Gasteiger partial charge in [-0.05, 0) is 42.5 Å². The molecule has 0 bridgehead atoms. The van der Waals surface area contributed by atoms with Crippen molar-refractivity contribution in [1.29, 1.82) is 0 Å². The smallest absolute Gasteiger partial charge is 0.290 e. The third kappa shape index (κ3) is 5.07. The largest absolute Gasteiger partial charge is 0.497 e. The zero-order valence-corrected chi connectivity index (χ0v) is 16.2. The van der Waals surface area contributed by atoms with Gasteiger partial charge in [-0.1, -0.05) is 0 Å². The second kappa shape index (κ2) is 9.32. The van der Waals surface area contributed by atoms with Crippen LogP contribution in [0.2, 0.25) is 0 Å². The number of ether oxygens (including phenoxy) is 3. The number of aromatic nitrogens is 2. The highest BCUT2D eigenvalue weighted by atomic mass is 16.5. The summed E-state index contributed by atoms with van der Waals surface area (Å²) < 4.78 is 15.6. The highest BCUT2D eigenvalue weighted by Gasteiger charge is 2.09. The molecule has 1 aromatic heterocycles. The summed E-state index contributed by atoms with van der Waals surface area (Å²) in [5.74, 6) is 1.95. The third-order valence-electron chi connectivity index (χ3n) is 3.99. The average Bonchev–Trinajstić information content (AvgIpc) is 2.78. The number of hydrogen-bond donors (Lipinski definition) is 1. The average molecular weight is 392 g/mol. The molecule has 3 rings (SSSR count). The van der Waals surface area contributed by atoms with E-state index in [2.05, 4.69) is 20.5 Å². The maximum Gasteiger partial charge on any atom is 0.290 e. The molecule has 1 heterocycles. The zero-order chi connectivity index (χ0) is 20.6. The van der Waals surface area contributed by atoms with Crippen LogP contribution in [0.1, 0.15) is 16.1 Å². The Kier molecular flexibility index (Phi) is 6.36. The standard InChI is InChI=1S/C21H20N4O4/c1-27-16-6-4-15(5-7-16)20-22-9-8-19(24-20)21(26)25-23-13-14-10-17(28-2)12-18(11-14)29-3/h4-13H,1-3H3,(H,25,26)/b23-13+. The van der Waals surface area contributed by atoms with Crippen molar-refractivity contribution in [3.8, 4) is 28.6 Å². The molecule has 3 aromatic rings. The monoisotopic (exact) mass is 392 g/mol. The van der Waals surface area contributed by atoms with Crippen LogP contribution in [0, 0.1) is 0 Å². The van der Waals surface area contributed by atoms with Gasteiger partial charge in [-0.3, -0.25) is 4.79 Å². The zero-order valence-electron chi connectivity index (χ0n) is 16.2. The van der Waals surface area contributed by atoms with Crippen LogP contribution in [0.4, 0.5) is 0 Å². The van der Waals surface area contributed by atoms with Gasteiger partial charge in [0.25, 0.3) is 5.91 Å². The number of carbonyl (C=O) groups is 1. The number of rotatable bonds is 7. The molecule has 29 heavy (non-hydrogen) atoms. The minimum Gasteiger partial charge on any atom is -0.497 e. The molecule has 0 spiro atoms. The lowest BCUT2D eigenvalue weighted by atomic mass is 10.2. The van der Waals surface area contributed by atoms with Crippen molar-refractivity contribution < 1.29 is 19.0 Å². The molecule has 0 aliphatic carbocycles. The SMILES string of the molecule is COc1ccc(-c2nccc(C(=O)N/N=C/c3cc(OC)cc(OC)c3)n2)cc1. The molecular formula is C21H20N4O4. The Hall–Kier alpha value is -3.94. The van der Waals surface area contributed by atoms with Crippen LogP contribution in [0.3, 0.4) is 0 Å². The van der Waals surface area contributed by atoms with Gasteiger partial charge in [-0.15, -0.1) is 0 Å². The van der Waals surface area contributed by atoms with Crippen LogP contribution in [-0.2, 0) is 0 Å². The van der Waals surface area contributed by atoms with E-state index in [4.69, 9.17) is 14.2 Å². The summed E-state index contributed by atoms with van der Waals surface area (Å²) in [7, 11) is 4.72. The van der Waals surface area contributed by atoms with Crippen LogP contribution < -0.4 is 19.6 Å². The molecule has 0 aliphatic heterocycles. The van der Waals surface area contributed by atoms with Gasteiger partial charge < -0.3 is 14.2 Å². The molecule has 1 amide bonds. The molecular weight excluding hydrogens is 372 g/mol.